The molecule has 1 N–H and O–H groups in total. The van der Waals surface area contributed by atoms with E-state index >= 15 is 0 Å². The molecule has 2 aromatic carbocycles. The van der Waals surface area contributed by atoms with Gasteiger partial charge in [0.25, 0.3) is 11.8 Å². The Kier molecular flexibility index (Phi) is 6.42. The number of hydrogen-bond acceptors (Lipinski definition) is 4. The highest BCUT2D eigenvalue weighted by molar-refractivity contribution is 6.07. The average Bonchev–Trinajstić information content (AvgIpc) is 2.71. The van der Waals surface area contributed by atoms with Gasteiger partial charge in [0.15, 0.2) is 18.1 Å². The van der Waals surface area contributed by atoms with Crippen molar-refractivity contribution in [2.75, 3.05) is 25.2 Å². The quantitative estimate of drug-likeness (QED) is 0.812. The van der Waals surface area contributed by atoms with Crippen molar-refractivity contribution in [3.05, 3.63) is 53.1 Å². The smallest absolute Gasteiger partial charge is 0.258 e. The van der Waals surface area contributed by atoms with E-state index in [-0.39, 0.29) is 24.5 Å². The van der Waals surface area contributed by atoms with E-state index in [0.29, 0.717) is 23.6 Å². The number of hydrogen-bond donors (Lipinski definition) is 1. The Labute approximate surface area is 171 Å². The van der Waals surface area contributed by atoms with Gasteiger partial charge in [-0.15, -0.1) is 0 Å². The summed E-state index contributed by atoms with van der Waals surface area (Å²) in [4.78, 5) is 26.9. The van der Waals surface area contributed by atoms with Crippen LogP contribution in [-0.4, -0.2) is 38.1 Å². The van der Waals surface area contributed by atoms with Gasteiger partial charge in [-0.25, -0.2) is 0 Å². The van der Waals surface area contributed by atoms with Crippen LogP contribution in [0.5, 0.6) is 11.5 Å². The average molecular weight is 396 g/mol. The van der Waals surface area contributed by atoms with E-state index in [1.54, 1.807) is 18.2 Å². The summed E-state index contributed by atoms with van der Waals surface area (Å²) in [7, 11) is 1.52. The van der Waals surface area contributed by atoms with Crippen LogP contribution in [0.1, 0.15) is 41.8 Å². The van der Waals surface area contributed by atoms with Crippen LogP contribution in [-0.2, 0) is 11.2 Å². The van der Waals surface area contributed by atoms with Crippen molar-refractivity contribution >= 4 is 17.5 Å². The molecule has 3 rings (SSSR count). The highest BCUT2D eigenvalue weighted by Gasteiger charge is 2.25. The van der Waals surface area contributed by atoms with Crippen LogP contribution in [0.3, 0.4) is 0 Å². The molecule has 0 aliphatic carbocycles. The van der Waals surface area contributed by atoms with Crippen LogP contribution < -0.4 is 19.7 Å². The number of fused-ring (bicyclic) bond motifs is 1. The van der Waals surface area contributed by atoms with Crippen molar-refractivity contribution in [2.45, 2.75) is 39.7 Å². The van der Waals surface area contributed by atoms with Crippen LogP contribution in [0.2, 0.25) is 0 Å². The molecule has 0 spiro atoms. The molecule has 0 atom stereocenters. The Morgan fingerprint density at radius 2 is 1.97 bits per heavy atom. The number of para-hydroxylation sites is 1. The van der Waals surface area contributed by atoms with Crippen molar-refractivity contribution in [1.29, 1.82) is 0 Å². The molecule has 154 valence electrons. The molecule has 29 heavy (non-hydrogen) atoms. The van der Waals surface area contributed by atoms with Crippen molar-refractivity contribution in [1.82, 2.24) is 5.32 Å². The number of carbonyl (C=O) groups is 2. The normalized spacial score (nSPS) is 13.1. The largest absolute Gasteiger partial charge is 0.493 e. The number of rotatable bonds is 6. The lowest BCUT2D eigenvalue weighted by molar-refractivity contribution is -0.123. The standard InChI is InChI=1S/C23H28N2O4/c1-15(2)24-21(26)14-29-19-11-10-18(13-20(19)28-4)23(27)25-12-6-9-17-8-5-7-16(3)22(17)25/h5,7-8,10-11,13,15H,6,9,12,14H2,1-4H3,(H,24,26). The summed E-state index contributed by atoms with van der Waals surface area (Å²) in [5.41, 5.74) is 3.83. The molecule has 6 nitrogen and oxygen atoms in total. The molecule has 1 aliphatic rings. The molecular weight excluding hydrogens is 368 g/mol. The van der Waals surface area contributed by atoms with Gasteiger partial charge in [0, 0.05) is 18.2 Å². The zero-order valence-electron chi connectivity index (χ0n) is 17.5. The SMILES string of the molecule is COc1cc(C(=O)N2CCCc3cccc(C)c32)ccc1OCC(=O)NC(C)C. The van der Waals surface area contributed by atoms with Gasteiger partial charge in [-0.2, -0.15) is 0 Å². The monoisotopic (exact) mass is 396 g/mol. The minimum Gasteiger partial charge on any atom is -0.493 e. The van der Waals surface area contributed by atoms with Gasteiger partial charge in [-0.05, 0) is 62.9 Å². The topological polar surface area (TPSA) is 67.9 Å². The van der Waals surface area contributed by atoms with Crippen LogP contribution in [0.15, 0.2) is 36.4 Å². The highest BCUT2D eigenvalue weighted by atomic mass is 16.5. The summed E-state index contributed by atoms with van der Waals surface area (Å²) >= 11 is 0. The van der Waals surface area contributed by atoms with Crippen molar-refractivity contribution in [2.24, 2.45) is 0 Å². The summed E-state index contributed by atoms with van der Waals surface area (Å²) in [6.45, 7) is 6.38. The van der Waals surface area contributed by atoms with Crippen molar-refractivity contribution in [3.63, 3.8) is 0 Å². The van der Waals surface area contributed by atoms with Gasteiger partial charge >= 0.3 is 0 Å². The molecule has 2 aromatic rings. The summed E-state index contributed by atoms with van der Waals surface area (Å²) in [5, 5.41) is 2.77. The third-order valence-corrected chi connectivity index (χ3v) is 4.88. The Bertz CT molecular complexity index is 908. The molecule has 1 aliphatic heterocycles. The van der Waals surface area contributed by atoms with Gasteiger partial charge in [-0.3, -0.25) is 9.59 Å². The fraction of sp³-hybridized carbons (Fsp3) is 0.391. The molecule has 0 saturated carbocycles. The number of carbonyl (C=O) groups excluding carboxylic acids is 2. The summed E-state index contributed by atoms with van der Waals surface area (Å²) in [6.07, 6.45) is 1.92. The molecular formula is C23H28N2O4. The number of aryl methyl sites for hydroxylation is 2. The van der Waals surface area contributed by atoms with E-state index in [2.05, 4.69) is 11.4 Å². The Balaban J connectivity index is 1.80. The van der Waals surface area contributed by atoms with E-state index in [1.165, 1.54) is 12.7 Å². The second-order valence-corrected chi connectivity index (χ2v) is 7.52. The molecule has 0 bridgehead atoms. The summed E-state index contributed by atoms with van der Waals surface area (Å²) < 4.78 is 11.0. The Morgan fingerprint density at radius 3 is 2.69 bits per heavy atom. The van der Waals surface area contributed by atoms with Gasteiger partial charge in [0.05, 0.1) is 12.8 Å². The van der Waals surface area contributed by atoms with Crippen LogP contribution in [0.4, 0.5) is 5.69 Å². The van der Waals surface area contributed by atoms with E-state index in [4.69, 9.17) is 9.47 Å². The molecule has 1 heterocycles. The number of ether oxygens (including phenoxy) is 2. The first kappa shape index (κ1) is 20.7. The molecule has 0 unspecified atom stereocenters. The number of methoxy groups -OCH3 is 1. The summed E-state index contributed by atoms with van der Waals surface area (Å²) in [6, 6.07) is 11.3. The maximum Gasteiger partial charge on any atom is 0.258 e. The van der Waals surface area contributed by atoms with Crippen LogP contribution in [0, 0.1) is 6.92 Å². The maximum atomic E-state index is 13.2. The second kappa shape index (κ2) is 8.99. The number of nitrogens with zero attached hydrogens (tertiary/aromatic N) is 1. The molecule has 0 aromatic heterocycles. The zero-order valence-corrected chi connectivity index (χ0v) is 17.5. The first-order valence-electron chi connectivity index (χ1n) is 9.91. The number of amides is 2. The molecule has 0 radical (unpaired) electrons. The van der Waals surface area contributed by atoms with Gasteiger partial charge in [0.2, 0.25) is 0 Å². The van der Waals surface area contributed by atoms with Crippen molar-refractivity contribution in [3.8, 4) is 11.5 Å². The van der Waals surface area contributed by atoms with Gasteiger partial charge in [0.1, 0.15) is 0 Å². The van der Waals surface area contributed by atoms with E-state index in [0.717, 1.165) is 24.1 Å². The molecule has 2 amide bonds. The van der Waals surface area contributed by atoms with Crippen LogP contribution >= 0.6 is 0 Å². The van der Waals surface area contributed by atoms with Gasteiger partial charge in [-0.1, -0.05) is 18.2 Å². The highest BCUT2D eigenvalue weighted by Crippen LogP contribution is 2.33. The molecule has 0 saturated heterocycles. The minimum atomic E-state index is -0.206. The first-order chi connectivity index (χ1) is 13.9. The van der Waals surface area contributed by atoms with Crippen LogP contribution in [0.25, 0.3) is 0 Å². The first-order valence-corrected chi connectivity index (χ1v) is 9.91. The number of benzene rings is 2. The third kappa shape index (κ3) is 4.70. The fourth-order valence-corrected chi connectivity index (χ4v) is 3.63. The van der Waals surface area contributed by atoms with E-state index in [9.17, 15) is 9.59 Å². The minimum absolute atomic E-state index is 0.0453. The summed E-state index contributed by atoms with van der Waals surface area (Å²) in [5.74, 6) is 0.582. The Morgan fingerprint density at radius 1 is 1.17 bits per heavy atom. The van der Waals surface area contributed by atoms with Gasteiger partial charge < -0.3 is 19.7 Å². The second-order valence-electron chi connectivity index (χ2n) is 7.52. The predicted octanol–water partition coefficient (Wildman–Crippen LogP) is 3.50. The lowest BCUT2D eigenvalue weighted by Crippen LogP contribution is -2.36. The number of nitrogens with one attached hydrogen (secondary N) is 1. The lowest BCUT2D eigenvalue weighted by atomic mass is 9.97. The third-order valence-electron chi connectivity index (χ3n) is 4.88. The fourth-order valence-electron chi connectivity index (χ4n) is 3.63. The Hall–Kier alpha value is -3.02. The van der Waals surface area contributed by atoms with E-state index in [1.807, 2.05) is 37.8 Å². The van der Waals surface area contributed by atoms with E-state index < -0.39 is 0 Å². The van der Waals surface area contributed by atoms with Crippen molar-refractivity contribution < 1.29 is 19.1 Å². The number of anilines is 1. The molecule has 6 heteroatoms. The maximum absolute atomic E-state index is 13.2. The zero-order chi connectivity index (χ0) is 21.0. The molecule has 0 fully saturated rings. The predicted molar refractivity (Wildman–Crippen MR) is 113 cm³/mol. The lowest BCUT2D eigenvalue weighted by Gasteiger charge is -2.31.